The molecule has 0 aromatic heterocycles. The molecule has 1 aliphatic rings. The number of methoxy groups -OCH3 is 2. The highest BCUT2D eigenvalue weighted by Gasteiger charge is 2.21. The zero-order chi connectivity index (χ0) is 14.4. The molecule has 1 unspecified atom stereocenters. The fraction of sp³-hybridized carbons (Fsp3) is 0.533. The lowest BCUT2D eigenvalue weighted by atomic mass is 10.0. The fourth-order valence-electron chi connectivity index (χ4n) is 2.29. The van der Waals surface area contributed by atoms with Crippen molar-refractivity contribution in [1.29, 1.82) is 0 Å². The molecule has 1 heterocycles. The van der Waals surface area contributed by atoms with Gasteiger partial charge < -0.3 is 19.5 Å². The molecular weight excluding hydrogens is 258 g/mol. The Morgan fingerprint density at radius 2 is 2.30 bits per heavy atom. The van der Waals surface area contributed by atoms with Gasteiger partial charge in [-0.3, -0.25) is 4.79 Å². The Bertz CT molecular complexity index is 461. The van der Waals surface area contributed by atoms with Crippen molar-refractivity contribution in [2.24, 2.45) is 0 Å². The Hall–Kier alpha value is -1.75. The van der Waals surface area contributed by atoms with E-state index in [9.17, 15) is 4.79 Å². The molecule has 5 nitrogen and oxygen atoms in total. The molecular formula is C15H21NO4. The van der Waals surface area contributed by atoms with E-state index in [4.69, 9.17) is 14.2 Å². The fourth-order valence-corrected chi connectivity index (χ4v) is 2.29. The average molecular weight is 279 g/mol. The summed E-state index contributed by atoms with van der Waals surface area (Å²) in [7, 11) is 3.22. The van der Waals surface area contributed by atoms with Crippen molar-refractivity contribution in [3.05, 3.63) is 23.8 Å². The number of amides is 1. The first-order valence-corrected chi connectivity index (χ1v) is 6.83. The maximum atomic E-state index is 11.9. The van der Waals surface area contributed by atoms with Crippen LogP contribution >= 0.6 is 0 Å². The number of nitrogens with one attached hydrogen (secondary N) is 1. The van der Waals surface area contributed by atoms with Gasteiger partial charge in [-0.25, -0.2) is 0 Å². The Balaban J connectivity index is 2.12. The molecule has 20 heavy (non-hydrogen) atoms. The summed E-state index contributed by atoms with van der Waals surface area (Å²) in [6.07, 6.45) is 2.16. The molecule has 1 aromatic carbocycles. The van der Waals surface area contributed by atoms with Crippen molar-refractivity contribution in [3.63, 3.8) is 0 Å². The smallest absolute Gasteiger partial charge is 0.222 e. The van der Waals surface area contributed by atoms with Crippen molar-refractivity contribution < 1.29 is 19.0 Å². The van der Waals surface area contributed by atoms with Gasteiger partial charge in [0.25, 0.3) is 0 Å². The van der Waals surface area contributed by atoms with Gasteiger partial charge >= 0.3 is 0 Å². The highest BCUT2D eigenvalue weighted by Crippen LogP contribution is 2.34. The van der Waals surface area contributed by atoms with E-state index in [1.165, 1.54) is 0 Å². The van der Waals surface area contributed by atoms with Gasteiger partial charge in [0.2, 0.25) is 5.91 Å². The van der Waals surface area contributed by atoms with Crippen LogP contribution in [0, 0.1) is 0 Å². The second-order valence-corrected chi connectivity index (χ2v) is 4.76. The quantitative estimate of drug-likeness (QED) is 0.896. The molecule has 1 aromatic rings. The number of rotatable bonds is 5. The Morgan fingerprint density at radius 1 is 1.45 bits per heavy atom. The van der Waals surface area contributed by atoms with E-state index >= 15 is 0 Å². The summed E-state index contributed by atoms with van der Waals surface area (Å²) >= 11 is 0. The van der Waals surface area contributed by atoms with Crippen LogP contribution in [0.25, 0.3) is 0 Å². The monoisotopic (exact) mass is 279 g/mol. The number of fused-ring (bicyclic) bond motifs is 1. The van der Waals surface area contributed by atoms with E-state index in [0.29, 0.717) is 19.6 Å². The van der Waals surface area contributed by atoms with Crippen molar-refractivity contribution in [2.75, 3.05) is 27.4 Å². The number of carbonyl (C=O) groups is 1. The van der Waals surface area contributed by atoms with Gasteiger partial charge in [-0.05, 0) is 25.0 Å². The third kappa shape index (κ3) is 3.63. The van der Waals surface area contributed by atoms with Crippen LogP contribution < -0.4 is 14.8 Å². The lowest BCUT2D eigenvalue weighted by molar-refractivity contribution is -0.122. The van der Waals surface area contributed by atoms with Crippen LogP contribution in [0.3, 0.4) is 0 Å². The predicted molar refractivity (Wildman–Crippen MR) is 75.1 cm³/mol. The molecule has 0 fully saturated rings. The summed E-state index contributed by atoms with van der Waals surface area (Å²) in [4.78, 5) is 11.9. The standard InChI is InChI=1S/C15H21NO4/c1-18-9-7-15(17)16-13-4-3-8-20-14-10-11(19-2)5-6-12(13)14/h5-6,10,13H,3-4,7-9H2,1-2H3,(H,16,17). The van der Waals surface area contributed by atoms with Crippen LogP contribution in [0.4, 0.5) is 0 Å². The lowest BCUT2D eigenvalue weighted by Gasteiger charge is -2.18. The summed E-state index contributed by atoms with van der Waals surface area (Å²) < 4.78 is 15.9. The van der Waals surface area contributed by atoms with Crippen LogP contribution in [-0.4, -0.2) is 33.3 Å². The largest absolute Gasteiger partial charge is 0.497 e. The molecule has 0 aliphatic carbocycles. The topological polar surface area (TPSA) is 56.8 Å². The number of benzene rings is 1. The first-order valence-electron chi connectivity index (χ1n) is 6.83. The van der Waals surface area contributed by atoms with Crippen LogP contribution in [0.1, 0.15) is 30.9 Å². The molecule has 110 valence electrons. The Kier molecular flexibility index (Phi) is 5.24. The van der Waals surface area contributed by atoms with Crippen LogP contribution in [0.2, 0.25) is 0 Å². The molecule has 0 saturated carbocycles. The molecule has 1 N–H and O–H groups in total. The molecule has 0 bridgehead atoms. The van der Waals surface area contributed by atoms with E-state index in [0.717, 1.165) is 29.9 Å². The minimum absolute atomic E-state index is 0.000480. The van der Waals surface area contributed by atoms with Crippen molar-refractivity contribution in [3.8, 4) is 11.5 Å². The first kappa shape index (κ1) is 14.7. The summed E-state index contributed by atoms with van der Waals surface area (Å²) in [5.41, 5.74) is 1.01. The maximum absolute atomic E-state index is 11.9. The van der Waals surface area contributed by atoms with Gasteiger partial charge in [0, 0.05) is 25.2 Å². The van der Waals surface area contributed by atoms with Gasteiger partial charge in [-0.1, -0.05) is 0 Å². The van der Waals surface area contributed by atoms with Crippen LogP contribution in [0.5, 0.6) is 11.5 Å². The summed E-state index contributed by atoms with van der Waals surface area (Å²) in [6, 6.07) is 5.71. The molecule has 1 amide bonds. The number of carbonyl (C=O) groups excluding carboxylic acids is 1. The molecule has 0 radical (unpaired) electrons. The van der Waals surface area contributed by atoms with Crippen LogP contribution in [-0.2, 0) is 9.53 Å². The zero-order valence-electron chi connectivity index (χ0n) is 12.0. The summed E-state index contributed by atoms with van der Waals surface area (Å²) in [5, 5.41) is 3.05. The second-order valence-electron chi connectivity index (χ2n) is 4.76. The molecule has 5 heteroatoms. The van der Waals surface area contributed by atoms with Gasteiger partial charge in [0.15, 0.2) is 0 Å². The molecule has 1 atom stereocenters. The predicted octanol–water partition coefficient (Wildman–Crippen LogP) is 2.06. The minimum atomic E-state index is -0.0113. The van der Waals surface area contributed by atoms with Gasteiger partial charge in [0.05, 0.1) is 26.4 Å². The normalized spacial score (nSPS) is 17.6. The Morgan fingerprint density at radius 3 is 3.05 bits per heavy atom. The average Bonchev–Trinajstić information content (AvgIpc) is 2.67. The van der Waals surface area contributed by atoms with E-state index in [1.54, 1.807) is 14.2 Å². The van der Waals surface area contributed by atoms with E-state index in [1.807, 2.05) is 18.2 Å². The van der Waals surface area contributed by atoms with Crippen LogP contribution in [0.15, 0.2) is 18.2 Å². The lowest BCUT2D eigenvalue weighted by Crippen LogP contribution is -2.29. The second kappa shape index (κ2) is 7.14. The highest BCUT2D eigenvalue weighted by molar-refractivity contribution is 5.76. The summed E-state index contributed by atoms with van der Waals surface area (Å²) in [5.74, 6) is 1.55. The van der Waals surface area contributed by atoms with Crippen molar-refractivity contribution in [1.82, 2.24) is 5.32 Å². The summed E-state index contributed by atoms with van der Waals surface area (Å²) in [6.45, 7) is 1.09. The van der Waals surface area contributed by atoms with Crippen molar-refractivity contribution >= 4 is 5.91 Å². The maximum Gasteiger partial charge on any atom is 0.222 e. The van der Waals surface area contributed by atoms with E-state index in [-0.39, 0.29) is 11.9 Å². The minimum Gasteiger partial charge on any atom is -0.497 e. The Labute approximate surface area is 119 Å². The SMILES string of the molecule is COCCC(=O)NC1CCCOc2cc(OC)ccc21. The van der Waals surface area contributed by atoms with Gasteiger partial charge in [-0.15, -0.1) is 0 Å². The van der Waals surface area contributed by atoms with Crippen molar-refractivity contribution in [2.45, 2.75) is 25.3 Å². The number of hydrogen-bond donors (Lipinski definition) is 1. The van der Waals surface area contributed by atoms with E-state index in [2.05, 4.69) is 5.32 Å². The third-order valence-corrected chi connectivity index (χ3v) is 3.36. The van der Waals surface area contributed by atoms with Gasteiger partial charge in [0.1, 0.15) is 11.5 Å². The van der Waals surface area contributed by atoms with E-state index < -0.39 is 0 Å². The zero-order valence-corrected chi connectivity index (χ0v) is 12.0. The molecule has 0 spiro atoms. The highest BCUT2D eigenvalue weighted by atomic mass is 16.5. The first-order chi connectivity index (χ1) is 9.74. The number of ether oxygens (including phenoxy) is 3. The molecule has 0 saturated heterocycles. The molecule has 1 aliphatic heterocycles. The molecule has 2 rings (SSSR count). The number of hydrogen-bond acceptors (Lipinski definition) is 4. The van der Waals surface area contributed by atoms with Gasteiger partial charge in [-0.2, -0.15) is 0 Å². The third-order valence-electron chi connectivity index (χ3n) is 3.36.